The van der Waals surface area contributed by atoms with Gasteiger partial charge in [-0.25, -0.2) is 0 Å². The van der Waals surface area contributed by atoms with Gasteiger partial charge in [0.15, 0.2) is 5.96 Å². The lowest BCUT2D eigenvalue weighted by molar-refractivity contribution is 0.232. The van der Waals surface area contributed by atoms with Crippen molar-refractivity contribution in [3.63, 3.8) is 0 Å². The molecular formula is C22H31N5O. The van der Waals surface area contributed by atoms with E-state index in [4.69, 9.17) is 0 Å². The molecule has 1 aromatic carbocycles. The Morgan fingerprint density at radius 3 is 2.46 bits per heavy atom. The quantitative estimate of drug-likeness (QED) is 0.569. The molecule has 0 amide bonds. The summed E-state index contributed by atoms with van der Waals surface area (Å²) in [5.74, 6) is 0.830. The molecule has 0 aliphatic carbocycles. The molecule has 2 heterocycles. The van der Waals surface area contributed by atoms with Gasteiger partial charge in [0.1, 0.15) is 0 Å². The highest BCUT2D eigenvalue weighted by Crippen LogP contribution is 2.07. The highest BCUT2D eigenvalue weighted by atomic mass is 16.1. The zero-order valence-corrected chi connectivity index (χ0v) is 16.7. The second-order valence-corrected chi connectivity index (χ2v) is 7.24. The average Bonchev–Trinajstić information content (AvgIpc) is 2.74. The topological polar surface area (TPSA) is 61.7 Å². The Hall–Kier alpha value is -2.60. The van der Waals surface area contributed by atoms with Crippen LogP contribution in [0.25, 0.3) is 0 Å². The first-order chi connectivity index (χ1) is 13.7. The van der Waals surface area contributed by atoms with Crippen molar-refractivity contribution in [2.75, 3.05) is 33.2 Å². The molecule has 3 rings (SSSR count). The van der Waals surface area contributed by atoms with Gasteiger partial charge in [-0.3, -0.25) is 9.79 Å². The van der Waals surface area contributed by atoms with Crippen LogP contribution in [0.4, 0.5) is 0 Å². The third kappa shape index (κ3) is 6.23. The molecule has 0 bridgehead atoms. The van der Waals surface area contributed by atoms with Crippen molar-refractivity contribution in [2.45, 2.75) is 32.4 Å². The molecular weight excluding hydrogens is 350 g/mol. The van der Waals surface area contributed by atoms with Crippen molar-refractivity contribution in [1.29, 1.82) is 0 Å². The molecule has 6 nitrogen and oxygen atoms in total. The average molecular weight is 382 g/mol. The second-order valence-electron chi connectivity index (χ2n) is 7.24. The van der Waals surface area contributed by atoms with Crippen LogP contribution >= 0.6 is 0 Å². The van der Waals surface area contributed by atoms with Crippen LogP contribution in [0.1, 0.15) is 30.4 Å². The Kier molecular flexibility index (Phi) is 7.67. The van der Waals surface area contributed by atoms with Crippen LogP contribution in [0.15, 0.2) is 58.4 Å². The summed E-state index contributed by atoms with van der Waals surface area (Å²) in [4.78, 5) is 18.6. The highest BCUT2D eigenvalue weighted by molar-refractivity contribution is 5.79. The van der Waals surface area contributed by atoms with Crippen molar-refractivity contribution in [2.24, 2.45) is 4.99 Å². The summed E-state index contributed by atoms with van der Waals surface area (Å²) in [5.41, 5.74) is 2.32. The lowest BCUT2D eigenvalue weighted by Crippen LogP contribution is -2.42. The molecule has 0 spiro atoms. The third-order valence-electron chi connectivity index (χ3n) is 5.13. The molecule has 1 aliphatic rings. The Bertz CT molecular complexity index is 806. The van der Waals surface area contributed by atoms with Gasteiger partial charge in [-0.2, -0.15) is 0 Å². The number of guanidine groups is 1. The maximum absolute atomic E-state index is 11.8. The van der Waals surface area contributed by atoms with Crippen LogP contribution in [0.3, 0.4) is 0 Å². The van der Waals surface area contributed by atoms with Crippen molar-refractivity contribution in [1.82, 2.24) is 20.1 Å². The first-order valence-electron chi connectivity index (χ1n) is 10.1. The molecule has 150 valence electrons. The van der Waals surface area contributed by atoms with Crippen molar-refractivity contribution < 1.29 is 0 Å². The van der Waals surface area contributed by atoms with Crippen LogP contribution in [0, 0.1) is 0 Å². The summed E-state index contributed by atoms with van der Waals surface area (Å²) in [6.07, 6.45) is 5.83. The molecule has 28 heavy (non-hydrogen) atoms. The molecule has 1 aromatic heterocycles. The molecule has 2 N–H and O–H groups in total. The first-order valence-corrected chi connectivity index (χ1v) is 10.1. The standard InChI is InChI=1S/C22H31N5O/c1-23-22(24-12-16-26-13-4-2-5-14-26)25-17-19-8-10-20(11-9-19)18-27-15-6-3-7-21(27)28/h3,6-11,15H,2,4-5,12-14,16-18H2,1H3,(H2,23,24,25). The lowest BCUT2D eigenvalue weighted by Gasteiger charge is -2.26. The molecule has 1 aliphatic heterocycles. The van der Waals surface area contributed by atoms with Crippen molar-refractivity contribution in [3.8, 4) is 0 Å². The minimum Gasteiger partial charge on any atom is -0.355 e. The minimum absolute atomic E-state index is 0.0210. The number of nitrogens with zero attached hydrogens (tertiary/aromatic N) is 3. The van der Waals surface area contributed by atoms with E-state index < -0.39 is 0 Å². The first kappa shape index (κ1) is 20.1. The second kappa shape index (κ2) is 10.7. The predicted molar refractivity (Wildman–Crippen MR) is 115 cm³/mol. The van der Waals surface area contributed by atoms with Crippen LogP contribution in [-0.2, 0) is 13.1 Å². The Morgan fingerprint density at radius 1 is 1.00 bits per heavy atom. The molecule has 0 unspecified atom stereocenters. The van der Waals surface area contributed by atoms with Gasteiger partial charge in [0.25, 0.3) is 5.56 Å². The van der Waals surface area contributed by atoms with Crippen molar-refractivity contribution >= 4 is 5.96 Å². The van der Waals surface area contributed by atoms with Gasteiger partial charge in [-0.15, -0.1) is 0 Å². The number of aromatic nitrogens is 1. The summed E-state index contributed by atoms with van der Waals surface area (Å²) >= 11 is 0. The smallest absolute Gasteiger partial charge is 0.250 e. The van der Waals surface area contributed by atoms with Crippen LogP contribution in [-0.4, -0.2) is 48.7 Å². The van der Waals surface area contributed by atoms with E-state index in [1.165, 1.54) is 37.9 Å². The maximum Gasteiger partial charge on any atom is 0.250 e. The SMILES string of the molecule is CN=C(NCCN1CCCCC1)NCc1ccc(Cn2ccccc2=O)cc1. The van der Waals surface area contributed by atoms with E-state index in [9.17, 15) is 4.79 Å². The zero-order chi connectivity index (χ0) is 19.6. The van der Waals surface area contributed by atoms with Crippen LogP contribution in [0.5, 0.6) is 0 Å². The fraction of sp³-hybridized carbons (Fsp3) is 0.455. The van der Waals surface area contributed by atoms with Gasteiger partial charge in [-0.1, -0.05) is 36.8 Å². The maximum atomic E-state index is 11.8. The predicted octanol–water partition coefficient (Wildman–Crippen LogP) is 2.05. The van der Waals surface area contributed by atoms with E-state index in [1.807, 2.05) is 12.3 Å². The van der Waals surface area contributed by atoms with Gasteiger partial charge < -0.3 is 20.1 Å². The molecule has 0 radical (unpaired) electrons. The van der Waals surface area contributed by atoms with Crippen LogP contribution in [0.2, 0.25) is 0 Å². The summed E-state index contributed by atoms with van der Waals surface area (Å²) in [6.45, 7) is 5.71. The Balaban J connectivity index is 1.43. The molecule has 1 saturated heterocycles. The fourth-order valence-corrected chi connectivity index (χ4v) is 3.47. The fourth-order valence-electron chi connectivity index (χ4n) is 3.47. The number of hydrogen-bond donors (Lipinski definition) is 2. The Morgan fingerprint density at radius 2 is 1.75 bits per heavy atom. The number of pyridine rings is 1. The Labute approximate surface area is 167 Å². The van der Waals surface area contributed by atoms with Crippen LogP contribution < -0.4 is 16.2 Å². The largest absolute Gasteiger partial charge is 0.355 e. The van der Waals surface area contributed by atoms with Gasteiger partial charge in [-0.05, 0) is 43.1 Å². The molecule has 0 atom stereocenters. The van der Waals surface area contributed by atoms with Crippen molar-refractivity contribution in [3.05, 3.63) is 70.1 Å². The van der Waals surface area contributed by atoms with E-state index in [-0.39, 0.29) is 5.56 Å². The molecule has 2 aromatic rings. The summed E-state index contributed by atoms with van der Waals surface area (Å²) in [5, 5.41) is 6.76. The number of aliphatic imine (C=N–C) groups is 1. The molecule has 0 saturated carbocycles. The van der Waals surface area contributed by atoms with E-state index in [0.29, 0.717) is 6.54 Å². The lowest BCUT2D eigenvalue weighted by atomic mass is 10.1. The highest BCUT2D eigenvalue weighted by Gasteiger charge is 2.09. The third-order valence-corrected chi connectivity index (χ3v) is 5.13. The number of nitrogens with one attached hydrogen (secondary N) is 2. The molecule has 1 fully saturated rings. The molecule has 6 heteroatoms. The minimum atomic E-state index is 0.0210. The van der Waals surface area contributed by atoms with E-state index in [0.717, 1.165) is 31.2 Å². The summed E-state index contributed by atoms with van der Waals surface area (Å²) in [6, 6.07) is 13.6. The number of benzene rings is 1. The number of hydrogen-bond acceptors (Lipinski definition) is 3. The summed E-state index contributed by atoms with van der Waals surface area (Å²) in [7, 11) is 1.80. The van der Waals surface area contributed by atoms with E-state index in [2.05, 4.69) is 44.8 Å². The monoisotopic (exact) mass is 381 g/mol. The van der Waals surface area contributed by atoms with E-state index in [1.54, 1.807) is 23.7 Å². The number of likely N-dealkylation sites (tertiary alicyclic amines) is 1. The normalized spacial score (nSPS) is 15.4. The van der Waals surface area contributed by atoms with Gasteiger partial charge in [0.05, 0.1) is 6.54 Å². The van der Waals surface area contributed by atoms with Gasteiger partial charge in [0, 0.05) is 38.9 Å². The van der Waals surface area contributed by atoms with Gasteiger partial charge in [0.2, 0.25) is 0 Å². The van der Waals surface area contributed by atoms with Gasteiger partial charge >= 0.3 is 0 Å². The number of rotatable bonds is 7. The summed E-state index contributed by atoms with van der Waals surface area (Å²) < 4.78 is 1.71. The number of piperidine rings is 1. The zero-order valence-electron chi connectivity index (χ0n) is 16.7. The van der Waals surface area contributed by atoms with E-state index >= 15 is 0 Å².